The molecule has 110 valence electrons. The zero-order valence-electron chi connectivity index (χ0n) is 12.0. The van der Waals surface area contributed by atoms with E-state index in [-0.39, 0.29) is 11.3 Å². The molecule has 2 aliphatic rings. The van der Waals surface area contributed by atoms with Gasteiger partial charge in [0.25, 0.3) is 0 Å². The molecule has 0 amide bonds. The van der Waals surface area contributed by atoms with Gasteiger partial charge in [-0.1, -0.05) is 18.2 Å². The highest BCUT2D eigenvalue weighted by molar-refractivity contribution is 6.20. The van der Waals surface area contributed by atoms with Crippen LogP contribution in [0.15, 0.2) is 28.6 Å². The lowest BCUT2D eigenvalue weighted by Crippen LogP contribution is -2.41. The van der Waals surface area contributed by atoms with Gasteiger partial charge in [-0.25, -0.2) is 4.79 Å². The first kappa shape index (κ1) is 14.6. The average molecular weight is 279 g/mol. The fourth-order valence-electron chi connectivity index (χ4n) is 2.61. The van der Waals surface area contributed by atoms with Crippen molar-refractivity contribution in [3.8, 4) is 0 Å². The lowest BCUT2D eigenvalue weighted by atomic mass is 9.84. The lowest BCUT2D eigenvalue weighted by Gasteiger charge is -2.36. The molecule has 1 atom stereocenters. The largest absolute Gasteiger partial charge is 0.511 e. The molecule has 1 aliphatic heterocycles. The number of aliphatic hydroxyl groups excluding tert-OH is 1. The molecule has 0 fully saturated rings. The van der Waals surface area contributed by atoms with Gasteiger partial charge in [-0.2, -0.15) is 0 Å². The number of carbonyl (C=O) groups excluding carboxylic acids is 1. The molecule has 0 aromatic carbocycles. The third-order valence-corrected chi connectivity index (χ3v) is 3.57. The van der Waals surface area contributed by atoms with Gasteiger partial charge in [0.1, 0.15) is 23.5 Å². The maximum atomic E-state index is 12.2. The van der Waals surface area contributed by atoms with Crippen LogP contribution in [0.2, 0.25) is 0 Å². The summed E-state index contributed by atoms with van der Waals surface area (Å²) in [6.07, 6.45) is 7.41. The van der Waals surface area contributed by atoms with Crippen LogP contribution in [0, 0.1) is 0 Å². The second kappa shape index (κ2) is 6.11. The van der Waals surface area contributed by atoms with Gasteiger partial charge in [-0.15, -0.1) is 0 Å². The molecule has 5 heteroatoms. The van der Waals surface area contributed by atoms with Crippen LogP contribution >= 0.6 is 0 Å². The van der Waals surface area contributed by atoms with Crippen molar-refractivity contribution in [3.05, 3.63) is 23.5 Å². The molecule has 1 unspecified atom stereocenters. The van der Waals surface area contributed by atoms with Crippen molar-refractivity contribution in [1.82, 2.24) is 0 Å². The third-order valence-electron chi connectivity index (χ3n) is 3.57. The molecule has 1 heterocycles. The van der Waals surface area contributed by atoms with E-state index in [0.29, 0.717) is 25.2 Å². The molecular weight excluding hydrogens is 258 g/mol. The highest BCUT2D eigenvalue weighted by atomic mass is 16.6. The van der Waals surface area contributed by atoms with Crippen LogP contribution in [0.1, 0.15) is 46.0 Å². The summed E-state index contributed by atoms with van der Waals surface area (Å²) < 4.78 is 5.58. The van der Waals surface area contributed by atoms with Crippen LogP contribution in [0.25, 0.3) is 0 Å². The highest BCUT2D eigenvalue weighted by Gasteiger charge is 2.41. The van der Waals surface area contributed by atoms with Gasteiger partial charge in [-0.3, -0.25) is 0 Å². The second-order valence-corrected chi connectivity index (χ2v) is 5.06. The molecular formula is C15H21NO4. The number of nitrogens with zero attached hydrogens (tertiary/aromatic N) is 1. The monoisotopic (exact) mass is 279 g/mol. The summed E-state index contributed by atoms with van der Waals surface area (Å²) in [6.45, 7) is 4.08. The number of hydrogen-bond donors (Lipinski definition) is 1. The topological polar surface area (TPSA) is 68.1 Å². The van der Waals surface area contributed by atoms with E-state index >= 15 is 0 Å². The summed E-state index contributed by atoms with van der Waals surface area (Å²) >= 11 is 0. The number of allylic oxidation sites excluding steroid dienone is 1. The lowest BCUT2D eigenvalue weighted by molar-refractivity contribution is -0.153. The minimum Gasteiger partial charge on any atom is -0.511 e. The predicted octanol–water partition coefficient (Wildman–Crippen LogP) is 3.03. The number of carbonyl (C=O) groups is 1. The van der Waals surface area contributed by atoms with Crippen LogP contribution in [0.5, 0.6) is 0 Å². The number of ether oxygens (including phenoxy) is 1. The average Bonchev–Trinajstić information content (AvgIpc) is 2.42. The quantitative estimate of drug-likeness (QED) is 0.372. The molecule has 0 bridgehead atoms. The normalized spacial score (nSPS) is 26.9. The first-order valence-electron chi connectivity index (χ1n) is 7.14. The van der Waals surface area contributed by atoms with E-state index in [1.54, 1.807) is 0 Å². The standard InChI is InChI=1S/C15H21NO4/c1-3-11(16-19-4-2)13-12(17)10-15(20-14(13)18)8-6-5-7-9-15/h6,8,17H,3-5,7,9-10H2,1-2H3. The molecule has 0 aromatic rings. The Balaban J connectivity index is 2.30. The maximum Gasteiger partial charge on any atom is 0.344 e. The van der Waals surface area contributed by atoms with Crippen LogP contribution < -0.4 is 0 Å². The van der Waals surface area contributed by atoms with Gasteiger partial charge in [0.05, 0.1) is 5.71 Å². The van der Waals surface area contributed by atoms with Crippen molar-refractivity contribution < 1.29 is 19.5 Å². The van der Waals surface area contributed by atoms with Crippen molar-refractivity contribution in [2.24, 2.45) is 5.16 Å². The number of esters is 1. The summed E-state index contributed by atoms with van der Waals surface area (Å²) in [5.74, 6) is -0.464. The Morgan fingerprint density at radius 3 is 2.90 bits per heavy atom. The van der Waals surface area contributed by atoms with Crippen molar-refractivity contribution in [2.45, 2.75) is 51.6 Å². The number of oxime groups is 1. The minimum absolute atomic E-state index is 0.0492. The molecule has 0 saturated heterocycles. The fraction of sp³-hybridized carbons (Fsp3) is 0.600. The van der Waals surface area contributed by atoms with Crippen molar-refractivity contribution in [3.63, 3.8) is 0 Å². The Bertz CT molecular complexity index is 478. The molecule has 1 aliphatic carbocycles. The van der Waals surface area contributed by atoms with Gasteiger partial charge >= 0.3 is 5.97 Å². The fourth-order valence-corrected chi connectivity index (χ4v) is 2.61. The Labute approximate surface area is 118 Å². The third kappa shape index (κ3) is 2.86. The Morgan fingerprint density at radius 1 is 1.55 bits per heavy atom. The van der Waals surface area contributed by atoms with Gasteiger partial charge in [0.15, 0.2) is 0 Å². The second-order valence-electron chi connectivity index (χ2n) is 5.06. The summed E-state index contributed by atoms with van der Waals surface area (Å²) in [7, 11) is 0. The Hall–Kier alpha value is -1.78. The molecule has 0 aromatic heterocycles. The minimum atomic E-state index is -0.673. The number of rotatable bonds is 4. The number of hydrogen-bond acceptors (Lipinski definition) is 5. The van der Waals surface area contributed by atoms with E-state index in [9.17, 15) is 9.90 Å². The van der Waals surface area contributed by atoms with Crippen LogP contribution in [-0.2, 0) is 14.4 Å². The molecule has 0 saturated carbocycles. The summed E-state index contributed by atoms with van der Waals surface area (Å²) in [4.78, 5) is 17.2. The van der Waals surface area contributed by atoms with Gasteiger partial charge < -0.3 is 14.7 Å². The van der Waals surface area contributed by atoms with Gasteiger partial charge in [0.2, 0.25) is 0 Å². The van der Waals surface area contributed by atoms with Gasteiger partial charge in [0, 0.05) is 6.42 Å². The Kier molecular flexibility index (Phi) is 4.47. The summed E-state index contributed by atoms with van der Waals surface area (Å²) in [5.41, 5.74) is -0.0811. The zero-order chi connectivity index (χ0) is 14.6. The summed E-state index contributed by atoms with van der Waals surface area (Å²) in [5, 5.41) is 14.2. The number of aliphatic hydroxyl groups is 1. The van der Waals surface area contributed by atoms with E-state index in [0.717, 1.165) is 19.3 Å². The highest BCUT2D eigenvalue weighted by Crippen LogP contribution is 2.37. The van der Waals surface area contributed by atoms with Gasteiger partial charge in [-0.05, 0) is 38.7 Å². The Morgan fingerprint density at radius 2 is 2.35 bits per heavy atom. The van der Waals surface area contributed by atoms with Crippen molar-refractivity contribution in [1.29, 1.82) is 0 Å². The van der Waals surface area contributed by atoms with E-state index in [4.69, 9.17) is 9.57 Å². The molecule has 1 spiro atoms. The van der Waals surface area contributed by atoms with Crippen molar-refractivity contribution >= 4 is 11.7 Å². The predicted molar refractivity (Wildman–Crippen MR) is 75.4 cm³/mol. The first-order chi connectivity index (χ1) is 9.62. The molecule has 5 nitrogen and oxygen atoms in total. The molecule has 2 rings (SSSR count). The van der Waals surface area contributed by atoms with Crippen molar-refractivity contribution in [2.75, 3.05) is 6.61 Å². The molecule has 20 heavy (non-hydrogen) atoms. The molecule has 0 radical (unpaired) electrons. The SMILES string of the molecule is CCON=C(CC)C1=C(O)CC2(C=CCCC2)OC1=O. The smallest absolute Gasteiger partial charge is 0.344 e. The maximum absolute atomic E-state index is 12.2. The van der Waals surface area contributed by atoms with E-state index in [1.807, 2.05) is 26.0 Å². The summed E-state index contributed by atoms with van der Waals surface area (Å²) in [6, 6.07) is 0. The van der Waals surface area contributed by atoms with Crippen LogP contribution in [-0.4, -0.2) is 29.0 Å². The van der Waals surface area contributed by atoms with Crippen LogP contribution in [0.3, 0.4) is 0 Å². The van der Waals surface area contributed by atoms with E-state index in [2.05, 4.69) is 5.16 Å². The first-order valence-corrected chi connectivity index (χ1v) is 7.14. The van der Waals surface area contributed by atoms with E-state index < -0.39 is 11.6 Å². The zero-order valence-corrected chi connectivity index (χ0v) is 12.0. The van der Waals surface area contributed by atoms with E-state index in [1.165, 1.54) is 0 Å². The van der Waals surface area contributed by atoms with Crippen LogP contribution in [0.4, 0.5) is 0 Å². The molecule has 1 N–H and O–H groups in total.